The molecule has 1 saturated heterocycles. The molecule has 1 amide bonds. The Morgan fingerprint density at radius 3 is 2.29 bits per heavy atom. The second-order valence-electron chi connectivity index (χ2n) is 6.03. The molecule has 1 rings (SSSR count). The molecule has 1 aliphatic rings. The Hall–Kier alpha value is -1.06. The van der Waals surface area contributed by atoms with E-state index in [9.17, 15) is 9.59 Å². The van der Waals surface area contributed by atoms with Crippen molar-refractivity contribution in [3.05, 3.63) is 0 Å². The molecule has 0 aliphatic carbocycles. The molecule has 17 heavy (non-hydrogen) atoms. The molecule has 4 heteroatoms. The number of piperidine rings is 1. The Kier molecular flexibility index (Phi) is 4.17. The van der Waals surface area contributed by atoms with Gasteiger partial charge in [-0.05, 0) is 40.0 Å². The third kappa shape index (κ3) is 4.36. The second kappa shape index (κ2) is 5.07. The number of hydrogen-bond acceptors (Lipinski definition) is 3. The molecule has 0 saturated carbocycles. The quantitative estimate of drug-likeness (QED) is 0.708. The maximum atomic E-state index is 11.9. The van der Waals surface area contributed by atoms with Crippen LogP contribution in [0, 0.1) is 11.8 Å². The summed E-state index contributed by atoms with van der Waals surface area (Å²) in [5.41, 5.74) is -0.483. The first kappa shape index (κ1) is 14.0. The first-order valence-electron chi connectivity index (χ1n) is 6.17. The molecule has 1 heterocycles. The molecule has 98 valence electrons. The van der Waals surface area contributed by atoms with E-state index in [2.05, 4.69) is 6.92 Å². The van der Waals surface area contributed by atoms with E-state index in [0.29, 0.717) is 19.0 Å². The van der Waals surface area contributed by atoms with Crippen LogP contribution in [0.5, 0.6) is 0 Å². The van der Waals surface area contributed by atoms with Gasteiger partial charge in [0.05, 0.1) is 0 Å². The van der Waals surface area contributed by atoms with Gasteiger partial charge < -0.3 is 9.64 Å². The van der Waals surface area contributed by atoms with Gasteiger partial charge in [-0.2, -0.15) is 0 Å². The zero-order valence-corrected chi connectivity index (χ0v) is 11.4. The van der Waals surface area contributed by atoms with Crippen molar-refractivity contribution in [2.75, 3.05) is 13.1 Å². The summed E-state index contributed by atoms with van der Waals surface area (Å²) in [6.07, 6.45) is 0.560. The zero-order chi connectivity index (χ0) is 13.2. The zero-order valence-electron chi connectivity index (χ0n) is 11.4. The minimum atomic E-state index is -0.483. The van der Waals surface area contributed by atoms with Crippen molar-refractivity contribution >= 4 is 11.9 Å². The lowest BCUT2D eigenvalue weighted by Crippen LogP contribution is -2.47. The van der Waals surface area contributed by atoms with E-state index in [-0.39, 0.29) is 17.8 Å². The summed E-state index contributed by atoms with van der Waals surface area (Å²) in [5, 5.41) is 0. The number of likely N-dealkylation sites (tertiary alicyclic amines) is 1. The van der Waals surface area contributed by atoms with Gasteiger partial charge in [-0.15, -0.1) is 0 Å². The molecule has 0 N–H and O–H groups in total. The van der Waals surface area contributed by atoms with E-state index in [4.69, 9.17) is 4.74 Å². The third-order valence-electron chi connectivity index (χ3n) is 2.89. The first-order valence-corrected chi connectivity index (χ1v) is 6.17. The molecule has 0 aromatic rings. The van der Waals surface area contributed by atoms with Gasteiger partial charge in [-0.1, -0.05) is 6.92 Å². The third-order valence-corrected chi connectivity index (χ3v) is 2.89. The fourth-order valence-electron chi connectivity index (χ4n) is 2.12. The van der Waals surface area contributed by atoms with E-state index in [0.717, 1.165) is 6.42 Å². The second-order valence-corrected chi connectivity index (χ2v) is 6.03. The number of Topliss-reactive ketones (excluding diaryl/α,β-unsaturated/α-hetero) is 1. The van der Waals surface area contributed by atoms with Gasteiger partial charge in [-0.25, -0.2) is 4.79 Å². The number of carbonyl (C=O) groups is 2. The highest BCUT2D eigenvalue weighted by Crippen LogP contribution is 2.23. The highest BCUT2D eigenvalue weighted by atomic mass is 16.6. The average molecular weight is 241 g/mol. The van der Waals surface area contributed by atoms with Crippen LogP contribution in [0.2, 0.25) is 0 Å². The number of ether oxygens (including phenoxy) is 1. The fourth-order valence-corrected chi connectivity index (χ4v) is 2.12. The van der Waals surface area contributed by atoms with Gasteiger partial charge in [-0.3, -0.25) is 4.79 Å². The molecule has 1 aliphatic heterocycles. The van der Waals surface area contributed by atoms with E-state index in [1.54, 1.807) is 11.8 Å². The Bertz CT molecular complexity index is 306. The number of rotatable bonds is 1. The van der Waals surface area contributed by atoms with Crippen molar-refractivity contribution in [2.45, 2.75) is 46.6 Å². The Morgan fingerprint density at radius 1 is 1.24 bits per heavy atom. The molecular formula is C13H23NO3. The SMILES string of the molecule is CC(=O)[C@@H]1C[C@H](C)CN(C(=O)OC(C)(C)C)C1. The van der Waals surface area contributed by atoms with Crippen LogP contribution >= 0.6 is 0 Å². The number of carbonyl (C=O) groups excluding carboxylic acids is 2. The maximum absolute atomic E-state index is 11.9. The summed E-state index contributed by atoms with van der Waals surface area (Å²) in [5.74, 6) is 0.474. The van der Waals surface area contributed by atoms with Crippen LogP contribution in [-0.2, 0) is 9.53 Å². The van der Waals surface area contributed by atoms with Gasteiger partial charge in [0.15, 0.2) is 0 Å². The summed E-state index contributed by atoms with van der Waals surface area (Å²) in [7, 11) is 0. The topological polar surface area (TPSA) is 46.6 Å². The van der Waals surface area contributed by atoms with Crippen molar-refractivity contribution in [1.29, 1.82) is 0 Å². The Morgan fingerprint density at radius 2 is 1.82 bits per heavy atom. The molecule has 0 unspecified atom stereocenters. The average Bonchev–Trinajstić information content (AvgIpc) is 2.13. The predicted molar refractivity (Wildman–Crippen MR) is 65.8 cm³/mol. The molecule has 2 atom stereocenters. The molecule has 0 aromatic heterocycles. The summed E-state index contributed by atoms with van der Waals surface area (Å²) in [6.45, 7) is 10.4. The van der Waals surface area contributed by atoms with Crippen molar-refractivity contribution in [2.24, 2.45) is 11.8 Å². The van der Waals surface area contributed by atoms with Crippen LogP contribution in [0.25, 0.3) is 0 Å². The highest BCUT2D eigenvalue weighted by Gasteiger charge is 2.32. The van der Waals surface area contributed by atoms with Crippen LogP contribution in [0.3, 0.4) is 0 Å². The normalized spacial score (nSPS) is 25.6. The molecule has 4 nitrogen and oxygen atoms in total. The van der Waals surface area contributed by atoms with Gasteiger partial charge in [0.2, 0.25) is 0 Å². The number of ketones is 1. The van der Waals surface area contributed by atoms with E-state index >= 15 is 0 Å². The molecule has 0 spiro atoms. The van der Waals surface area contributed by atoms with Gasteiger partial charge in [0.25, 0.3) is 0 Å². The van der Waals surface area contributed by atoms with Gasteiger partial charge >= 0.3 is 6.09 Å². The van der Waals surface area contributed by atoms with E-state index < -0.39 is 5.60 Å². The highest BCUT2D eigenvalue weighted by molar-refractivity contribution is 5.79. The van der Waals surface area contributed by atoms with E-state index in [1.165, 1.54) is 0 Å². The summed E-state index contributed by atoms with van der Waals surface area (Å²) >= 11 is 0. The predicted octanol–water partition coefficient (Wildman–Crippen LogP) is 2.47. The van der Waals surface area contributed by atoms with Crippen molar-refractivity contribution in [1.82, 2.24) is 4.90 Å². The molecule has 1 fully saturated rings. The van der Waals surface area contributed by atoms with Crippen LogP contribution in [0.1, 0.15) is 41.0 Å². The monoisotopic (exact) mass is 241 g/mol. The lowest BCUT2D eigenvalue weighted by atomic mass is 9.88. The summed E-state index contributed by atoms with van der Waals surface area (Å²) in [6, 6.07) is 0. The largest absolute Gasteiger partial charge is 0.444 e. The maximum Gasteiger partial charge on any atom is 0.410 e. The van der Waals surface area contributed by atoms with Crippen LogP contribution in [0.4, 0.5) is 4.79 Å². The smallest absolute Gasteiger partial charge is 0.410 e. The van der Waals surface area contributed by atoms with Crippen molar-refractivity contribution < 1.29 is 14.3 Å². The first-order chi connectivity index (χ1) is 7.69. The van der Waals surface area contributed by atoms with Crippen LogP contribution in [-0.4, -0.2) is 35.5 Å². The summed E-state index contributed by atoms with van der Waals surface area (Å²) in [4.78, 5) is 25.0. The molecule has 0 radical (unpaired) electrons. The Balaban J connectivity index is 2.64. The van der Waals surface area contributed by atoms with Crippen molar-refractivity contribution in [3.8, 4) is 0 Å². The molecule has 0 aromatic carbocycles. The fraction of sp³-hybridized carbons (Fsp3) is 0.846. The van der Waals surface area contributed by atoms with Crippen molar-refractivity contribution in [3.63, 3.8) is 0 Å². The van der Waals surface area contributed by atoms with Gasteiger partial charge in [0.1, 0.15) is 11.4 Å². The van der Waals surface area contributed by atoms with Crippen LogP contribution in [0.15, 0.2) is 0 Å². The van der Waals surface area contributed by atoms with Crippen LogP contribution < -0.4 is 0 Å². The minimum absolute atomic E-state index is 0.0359. The minimum Gasteiger partial charge on any atom is -0.444 e. The lowest BCUT2D eigenvalue weighted by molar-refractivity contribution is -0.122. The van der Waals surface area contributed by atoms with Gasteiger partial charge in [0, 0.05) is 19.0 Å². The number of hydrogen-bond donors (Lipinski definition) is 0. The lowest BCUT2D eigenvalue weighted by Gasteiger charge is -2.36. The molecule has 0 bridgehead atoms. The van der Waals surface area contributed by atoms with E-state index in [1.807, 2.05) is 20.8 Å². The Labute approximate surface area is 103 Å². The number of nitrogens with zero attached hydrogens (tertiary/aromatic N) is 1. The summed E-state index contributed by atoms with van der Waals surface area (Å²) < 4.78 is 5.33. The number of amides is 1. The molecular weight excluding hydrogens is 218 g/mol. The standard InChI is InChI=1S/C13H23NO3/c1-9-6-11(10(2)15)8-14(7-9)12(16)17-13(3,4)5/h9,11H,6-8H2,1-5H3/t9-,11+/m0/s1.